The number of ether oxygens (including phenoxy) is 1. The second kappa shape index (κ2) is 7.89. The molecule has 1 unspecified atom stereocenters. The minimum Gasteiger partial charge on any atom is -0.368 e. The van der Waals surface area contributed by atoms with Crippen LogP contribution < -0.4 is 5.56 Å². The highest BCUT2D eigenvalue weighted by molar-refractivity contribution is 7.09. The number of aromatic amines is 1. The van der Waals surface area contributed by atoms with Crippen LogP contribution >= 0.6 is 11.3 Å². The van der Waals surface area contributed by atoms with Gasteiger partial charge in [0.1, 0.15) is 6.10 Å². The van der Waals surface area contributed by atoms with E-state index in [2.05, 4.69) is 17.1 Å². The van der Waals surface area contributed by atoms with E-state index < -0.39 is 6.10 Å². The molecule has 146 valence electrons. The predicted octanol–water partition coefficient (Wildman–Crippen LogP) is 3.91. The molecular weight excluding hydrogens is 372 g/mol. The molecule has 2 aromatic heterocycles. The van der Waals surface area contributed by atoms with Gasteiger partial charge in [0.25, 0.3) is 11.5 Å². The monoisotopic (exact) mass is 396 g/mol. The molecule has 0 bridgehead atoms. The van der Waals surface area contributed by atoms with E-state index in [1.807, 2.05) is 37.4 Å². The van der Waals surface area contributed by atoms with Crippen LogP contribution in [0, 0.1) is 13.8 Å². The number of benzene rings is 1. The van der Waals surface area contributed by atoms with Gasteiger partial charge in [-0.1, -0.05) is 17.7 Å². The number of fused-ring (bicyclic) bond motifs is 1. The Hall–Kier alpha value is -2.44. The first-order valence-electron chi connectivity index (χ1n) is 9.57. The summed E-state index contributed by atoms with van der Waals surface area (Å²) >= 11 is 1.61. The van der Waals surface area contributed by atoms with Crippen molar-refractivity contribution >= 4 is 28.1 Å². The molecule has 0 spiro atoms. The van der Waals surface area contributed by atoms with Gasteiger partial charge in [0.15, 0.2) is 0 Å². The number of thiophene rings is 1. The molecule has 3 heterocycles. The topological polar surface area (TPSA) is 62.4 Å². The zero-order valence-electron chi connectivity index (χ0n) is 16.2. The molecule has 1 fully saturated rings. The van der Waals surface area contributed by atoms with Gasteiger partial charge in [-0.2, -0.15) is 0 Å². The second-order valence-corrected chi connectivity index (χ2v) is 8.48. The molecule has 1 amide bonds. The number of hydrogen-bond acceptors (Lipinski definition) is 4. The molecular formula is C22H24N2O3S. The van der Waals surface area contributed by atoms with Crippen molar-refractivity contribution < 1.29 is 9.53 Å². The number of pyridine rings is 1. The number of rotatable bonds is 5. The van der Waals surface area contributed by atoms with Crippen molar-refractivity contribution in [2.75, 3.05) is 6.61 Å². The first-order chi connectivity index (χ1) is 13.5. The average Bonchev–Trinajstić information content (AvgIpc) is 3.35. The van der Waals surface area contributed by atoms with Crippen molar-refractivity contribution in [2.45, 2.75) is 45.9 Å². The van der Waals surface area contributed by atoms with Gasteiger partial charge < -0.3 is 14.6 Å². The molecule has 4 rings (SSSR count). The lowest BCUT2D eigenvalue weighted by molar-refractivity contribution is -0.142. The third kappa shape index (κ3) is 3.88. The molecule has 1 aliphatic rings. The van der Waals surface area contributed by atoms with Gasteiger partial charge in [-0.05, 0) is 61.2 Å². The summed E-state index contributed by atoms with van der Waals surface area (Å²) in [5, 5.41) is 2.99. The lowest BCUT2D eigenvalue weighted by Crippen LogP contribution is -2.39. The van der Waals surface area contributed by atoms with Gasteiger partial charge in [-0.15, -0.1) is 11.3 Å². The van der Waals surface area contributed by atoms with Gasteiger partial charge >= 0.3 is 0 Å². The summed E-state index contributed by atoms with van der Waals surface area (Å²) in [6.45, 7) is 5.42. The summed E-state index contributed by atoms with van der Waals surface area (Å²) in [5.41, 5.74) is 3.50. The van der Waals surface area contributed by atoms with Gasteiger partial charge in [0, 0.05) is 17.0 Å². The van der Waals surface area contributed by atoms with Crippen molar-refractivity contribution in [1.29, 1.82) is 0 Å². The molecule has 0 aliphatic carbocycles. The fraction of sp³-hybridized carbons (Fsp3) is 0.364. The predicted molar refractivity (Wildman–Crippen MR) is 112 cm³/mol. The van der Waals surface area contributed by atoms with Crippen molar-refractivity contribution in [3.8, 4) is 0 Å². The normalized spacial score (nSPS) is 16.6. The zero-order chi connectivity index (χ0) is 19.7. The van der Waals surface area contributed by atoms with E-state index in [-0.39, 0.29) is 18.0 Å². The Morgan fingerprint density at radius 1 is 1.29 bits per heavy atom. The second-order valence-electron chi connectivity index (χ2n) is 7.45. The molecule has 3 aromatic rings. The number of aromatic nitrogens is 1. The van der Waals surface area contributed by atoms with Crippen molar-refractivity contribution in [2.24, 2.45) is 0 Å². The molecule has 0 radical (unpaired) electrons. The van der Waals surface area contributed by atoms with Crippen LogP contribution in [0.5, 0.6) is 0 Å². The fourth-order valence-electron chi connectivity index (χ4n) is 3.83. The Balaban J connectivity index is 1.68. The minimum atomic E-state index is -0.399. The van der Waals surface area contributed by atoms with E-state index in [9.17, 15) is 9.59 Å². The summed E-state index contributed by atoms with van der Waals surface area (Å²) in [5.74, 6) is -0.0363. The highest BCUT2D eigenvalue weighted by atomic mass is 32.1. The summed E-state index contributed by atoms with van der Waals surface area (Å²) < 4.78 is 5.61. The molecule has 1 aromatic carbocycles. The van der Waals surface area contributed by atoms with Crippen LogP contribution in [-0.2, 0) is 22.6 Å². The maximum Gasteiger partial charge on any atom is 0.253 e. The first-order valence-corrected chi connectivity index (χ1v) is 10.4. The highest BCUT2D eigenvalue weighted by Crippen LogP contribution is 2.22. The lowest BCUT2D eigenvalue weighted by atomic mass is 10.0. The number of carbonyl (C=O) groups excluding carboxylic acids is 1. The van der Waals surface area contributed by atoms with Crippen molar-refractivity contribution in [3.05, 3.63) is 67.6 Å². The standard InChI is InChI=1S/C22H24N2O3S/c1-14-9-15(2)20-16(10-14)11-17(21(25)23-20)12-24(13-18-5-4-8-28-18)22(26)19-6-3-7-27-19/h4-5,8-11,19H,3,6-7,12-13H2,1-2H3,(H,23,25). The fourth-order valence-corrected chi connectivity index (χ4v) is 4.55. The van der Waals surface area contributed by atoms with Gasteiger partial charge in [0.05, 0.1) is 18.6 Å². The molecule has 28 heavy (non-hydrogen) atoms. The molecule has 0 saturated carbocycles. The number of amides is 1. The summed E-state index contributed by atoms with van der Waals surface area (Å²) in [6.07, 6.45) is 1.24. The van der Waals surface area contributed by atoms with Crippen LogP contribution in [0.15, 0.2) is 40.5 Å². The smallest absolute Gasteiger partial charge is 0.253 e. The average molecular weight is 397 g/mol. The first kappa shape index (κ1) is 18.9. The Morgan fingerprint density at radius 2 is 2.14 bits per heavy atom. The van der Waals surface area contributed by atoms with E-state index in [0.29, 0.717) is 18.7 Å². The molecule has 1 aliphatic heterocycles. The van der Waals surface area contributed by atoms with E-state index in [0.717, 1.165) is 39.7 Å². The van der Waals surface area contributed by atoms with Crippen molar-refractivity contribution in [3.63, 3.8) is 0 Å². The third-order valence-electron chi connectivity index (χ3n) is 5.18. The van der Waals surface area contributed by atoms with E-state index in [1.165, 1.54) is 0 Å². The summed E-state index contributed by atoms with van der Waals surface area (Å²) in [7, 11) is 0. The highest BCUT2D eigenvalue weighted by Gasteiger charge is 2.29. The van der Waals surface area contributed by atoms with Gasteiger partial charge in [-0.25, -0.2) is 0 Å². The lowest BCUT2D eigenvalue weighted by Gasteiger charge is -2.25. The molecule has 6 heteroatoms. The van der Waals surface area contributed by atoms with Gasteiger partial charge in [-0.3, -0.25) is 9.59 Å². The van der Waals surface area contributed by atoms with Crippen LogP contribution in [0.3, 0.4) is 0 Å². The third-order valence-corrected chi connectivity index (χ3v) is 6.04. The Morgan fingerprint density at radius 3 is 2.86 bits per heavy atom. The number of carbonyl (C=O) groups is 1. The van der Waals surface area contributed by atoms with Crippen LogP contribution in [0.25, 0.3) is 10.9 Å². The number of aryl methyl sites for hydroxylation is 2. The van der Waals surface area contributed by atoms with E-state index in [1.54, 1.807) is 16.2 Å². The van der Waals surface area contributed by atoms with E-state index >= 15 is 0 Å². The van der Waals surface area contributed by atoms with Gasteiger partial charge in [0.2, 0.25) is 0 Å². The Bertz CT molecular complexity index is 1050. The molecule has 5 nitrogen and oxygen atoms in total. The SMILES string of the molecule is Cc1cc(C)c2[nH]c(=O)c(CN(Cc3cccs3)C(=O)C3CCCO3)cc2c1. The van der Waals surface area contributed by atoms with Crippen LogP contribution in [-0.4, -0.2) is 28.5 Å². The molecule has 1 N–H and O–H groups in total. The molecule has 1 atom stereocenters. The summed E-state index contributed by atoms with van der Waals surface area (Å²) in [4.78, 5) is 31.6. The minimum absolute atomic E-state index is 0.0363. The largest absolute Gasteiger partial charge is 0.368 e. The number of nitrogens with zero attached hydrogens (tertiary/aromatic N) is 1. The van der Waals surface area contributed by atoms with Crippen LogP contribution in [0.1, 0.15) is 34.4 Å². The molecule has 1 saturated heterocycles. The number of nitrogens with one attached hydrogen (secondary N) is 1. The maximum atomic E-state index is 13.1. The Kier molecular flexibility index (Phi) is 5.33. The quantitative estimate of drug-likeness (QED) is 0.711. The zero-order valence-corrected chi connectivity index (χ0v) is 17.0. The Labute approximate surface area is 168 Å². The number of hydrogen-bond donors (Lipinski definition) is 1. The van der Waals surface area contributed by atoms with Crippen LogP contribution in [0.4, 0.5) is 0 Å². The number of H-pyrrole nitrogens is 1. The maximum absolute atomic E-state index is 13.1. The van der Waals surface area contributed by atoms with Crippen LogP contribution in [0.2, 0.25) is 0 Å². The van der Waals surface area contributed by atoms with E-state index in [4.69, 9.17) is 4.74 Å². The summed E-state index contributed by atoms with van der Waals surface area (Å²) in [6, 6.07) is 10.0. The van der Waals surface area contributed by atoms with Crippen molar-refractivity contribution in [1.82, 2.24) is 9.88 Å².